The summed E-state index contributed by atoms with van der Waals surface area (Å²) in [4.78, 5) is 25.3. The highest BCUT2D eigenvalue weighted by molar-refractivity contribution is 5.86. The van der Waals surface area contributed by atoms with Crippen molar-refractivity contribution < 1.29 is 19.4 Å². The Morgan fingerprint density at radius 1 is 1.14 bits per heavy atom. The van der Waals surface area contributed by atoms with Gasteiger partial charge in [0.2, 0.25) is 0 Å². The lowest BCUT2D eigenvalue weighted by Crippen LogP contribution is -2.41. The first kappa shape index (κ1) is 18.5. The van der Waals surface area contributed by atoms with E-state index in [0.717, 1.165) is 31.4 Å². The van der Waals surface area contributed by atoms with Gasteiger partial charge in [-0.05, 0) is 61.8 Å². The molecule has 1 aromatic heterocycles. The Hall–Kier alpha value is -2.83. The first-order valence-electron chi connectivity index (χ1n) is 9.90. The second-order valence-electron chi connectivity index (χ2n) is 7.55. The van der Waals surface area contributed by atoms with Crippen molar-refractivity contribution in [3.63, 3.8) is 0 Å². The normalized spacial score (nSPS) is 17.2. The smallest absolute Gasteiger partial charge is 0.338 e. The summed E-state index contributed by atoms with van der Waals surface area (Å²) >= 11 is 0. The molecule has 1 aliphatic heterocycles. The number of carbonyl (C=O) groups is 2. The van der Waals surface area contributed by atoms with Gasteiger partial charge < -0.3 is 14.7 Å². The summed E-state index contributed by atoms with van der Waals surface area (Å²) in [5.41, 5.74) is 2.94. The molecule has 148 valence electrons. The molecule has 0 radical (unpaired) electrons. The van der Waals surface area contributed by atoms with Crippen molar-refractivity contribution in [2.45, 2.75) is 44.6 Å². The van der Waals surface area contributed by atoms with Crippen molar-refractivity contribution in [1.29, 1.82) is 0 Å². The van der Waals surface area contributed by atoms with E-state index in [1.165, 1.54) is 30.2 Å². The fraction of sp³-hybridized carbons (Fsp3) is 0.476. The second-order valence-corrected chi connectivity index (χ2v) is 7.55. The van der Waals surface area contributed by atoms with E-state index in [4.69, 9.17) is 9.84 Å². The third kappa shape index (κ3) is 4.03. The lowest BCUT2D eigenvalue weighted by molar-refractivity contribution is -0.134. The third-order valence-corrected chi connectivity index (χ3v) is 5.72. The number of hydrogen-bond acceptors (Lipinski definition) is 4. The molecular formula is C21H25N3O4. The number of rotatable bonds is 5. The van der Waals surface area contributed by atoms with Gasteiger partial charge in [0, 0.05) is 19.3 Å². The summed E-state index contributed by atoms with van der Waals surface area (Å²) in [7, 11) is 0. The van der Waals surface area contributed by atoms with E-state index < -0.39 is 5.97 Å². The van der Waals surface area contributed by atoms with Crippen molar-refractivity contribution in [2.24, 2.45) is 0 Å². The maximum absolute atomic E-state index is 12.5. The number of hydrogen-bond donors (Lipinski definition) is 1. The van der Waals surface area contributed by atoms with Gasteiger partial charge >= 0.3 is 5.97 Å². The van der Waals surface area contributed by atoms with E-state index in [1.807, 2.05) is 11.0 Å². The summed E-state index contributed by atoms with van der Waals surface area (Å²) in [6, 6.07) is 6.28. The molecule has 28 heavy (non-hydrogen) atoms. The summed E-state index contributed by atoms with van der Waals surface area (Å²) < 4.78 is 7.46. The SMILES string of the molecule is O=C(O)c1cnn(C2CCN(C(=O)COc3ccc4c(c3)CCCC4)CC2)c1. The lowest BCUT2D eigenvalue weighted by atomic mass is 9.92. The number of likely N-dealkylation sites (tertiary alicyclic amines) is 1. The Morgan fingerprint density at radius 2 is 1.89 bits per heavy atom. The molecule has 1 N–H and O–H groups in total. The van der Waals surface area contributed by atoms with Crippen LogP contribution in [0.4, 0.5) is 0 Å². The minimum Gasteiger partial charge on any atom is -0.484 e. The van der Waals surface area contributed by atoms with Crippen LogP contribution in [0.1, 0.15) is 53.2 Å². The second kappa shape index (κ2) is 8.04. The van der Waals surface area contributed by atoms with Crippen LogP contribution in [0.15, 0.2) is 30.6 Å². The predicted molar refractivity (Wildman–Crippen MR) is 103 cm³/mol. The Labute approximate surface area is 163 Å². The number of carbonyl (C=O) groups excluding carboxylic acids is 1. The van der Waals surface area contributed by atoms with E-state index in [1.54, 1.807) is 10.9 Å². The molecule has 2 aromatic rings. The summed E-state index contributed by atoms with van der Waals surface area (Å²) in [5, 5.41) is 13.2. The molecule has 0 bridgehead atoms. The first-order valence-corrected chi connectivity index (χ1v) is 9.90. The number of piperidine rings is 1. The fourth-order valence-electron chi connectivity index (χ4n) is 4.06. The van der Waals surface area contributed by atoms with Crippen molar-refractivity contribution in [2.75, 3.05) is 19.7 Å². The van der Waals surface area contributed by atoms with Crippen LogP contribution in [-0.2, 0) is 17.6 Å². The van der Waals surface area contributed by atoms with Crippen LogP contribution in [0.5, 0.6) is 5.75 Å². The molecule has 2 heterocycles. The van der Waals surface area contributed by atoms with Crippen LogP contribution in [0.2, 0.25) is 0 Å². The number of nitrogens with zero attached hydrogens (tertiary/aromatic N) is 3. The van der Waals surface area contributed by atoms with Crippen LogP contribution in [0, 0.1) is 0 Å². The number of aromatic nitrogens is 2. The Balaban J connectivity index is 1.27. The van der Waals surface area contributed by atoms with Gasteiger partial charge in [0.25, 0.3) is 5.91 Å². The summed E-state index contributed by atoms with van der Waals surface area (Å²) in [6.07, 6.45) is 9.12. The van der Waals surface area contributed by atoms with Crippen LogP contribution in [0.25, 0.3) is 0 Å². The van der Waals surface area contributed by atoms with Gasteiger partial charge in [-0.1, -0.05) is 6.07 Å². The van der Waals surface area contributed by atoms with Gasteiger partial charge in [-0.15, -0.1) is 0 Å². The molecule has 0 atom stereocenters. The Kier molecular flexibility index (Phi) is 5.32. The van der Waals surface area contributed by atoms with Crippen LogP contribution < -0.4 is 4.74 Å². The zero-order valence-electron chi connectivity index (χ0n) is 15.8. The lowest BCUT2D eigenvalue weighted by Gasteiger charge is -2.32. The molecule has 2 aliphatic rings. The van der Waals surface area contributed by atoms with Crippen LogP contribution in [0.3, 0.4) is 0 Å². The highest BCUT2D eigenvalue weighted by Gasteiger charge is 2.25. The van der Waals surface area contributed by atoms with E-state index in [0.29, 0.717) is 13.1 Å². The molecule has 1 saturated heterocycles. The topological polar surface area (TPSA) is 84.7 Å². The third-order valence-electron chi connectivity index (χ3n) is 5.72. The molecule has 1 amide bonds. The maximum atomic E-state index is 12.5. The molecule has 7 heteroatoms. The predicted octanol–water partition coefficient (Wildman–Crippen LogP) is 2.70. The summed E-state index contributed by atoms with van der Waals surface area (Å²) in [6.45, 7) is 1.30. The molecule has 4 rings (SSSR count). The minimum atomic E-state index is -0.974. The van der Waals surface area contributed by atoms with E-state index in [2.05, 4.69) is 17.2 Å². The van der Waals surface area contributed by atoms with E-state index in [9.17, 15) is 9.59 Å². The Morgan fingerprint density at radius 3 is 2.61 bits per heavy atom. The monoisotopic (exact) mass is 383 g/mol. The number of amides is 1. The number of benzene rings is 1. The van der Waals surface area contributed by atoms with Gasteiger partial charge in [-0.3, -0.25) is 9.48 Å². The van der Waals surface area contributed by atoms with Crippen LogP contribution >= 0.6 is 0 Å². The molecule has 7 nitrogen and oxygen atoms in total. The van der Waals surface area contributed by atoms with Gasteiger partial charge in [0.1, 0.15) is 5.75 Å². The fourth-order valence-corrected chi connectivity index (χ4v) is 4.06. The highest BCUT2D eigenvalue weighted by atomic mass is 16.5. The largest absolute Gasteiger partial charge is 0.484 e. The zero-order chi connectivity index (χ0) is 19.5. The number of carboxylic acids is 1. The number of fused-ring (bicyclic) bond motifs is 1. The molecule has 1 aliphatic carbocycles. The van der Waals surface area contributed by atoms with Crippen molar-refractivity contribution in [3.05, 3.63) is 47.3 Å². The number of aromatic carboxylic acids is 1. The number of ether oxygens (including phenoxy) is 1. The van der Waals surface area contributed by atoms with Crippen molar-refractivity contribution in [3.8, 4) is 5.75 Å². The van der Waals surface area contributed by atoms with Crippen molar-refractivity contribution in [1.82, 2.24) is 14.7 Å². The van der Waals surface area contributed by atoms with E-state index >= 15 is 0 Å². The van der Waals surface area contributed by atoms with Gasteiger partial charge in [0.05, 0.1) is 17.8 Å². The minimum absolute atomic E-state index is 0.0112. The Bertz CT molecular complexity index is 868. The molecule has 0 saturated carbocycles. The van der Waals surface area contributed by atoms with Crippen LogP contribution in [-0.4, -0.2) is 51.4 Å². The average molecular weight is 383 g/mol. The molecule has 1 aromatic carbocycles. The van der Waals surface area contributed by atoms with Gasteiger partial charge in [-0.2, -0.15) is 5.10 Å². The average Bonchev–Trinajstić information content (AvgIpc) is 3.23. The first-order chi connectivity index (χ1) is 13.6. The zero-order valence-corrected chi connectivity index (χ0v) is 15.8. The van der Waals surface area contributed by atoms with Gasteiger partial charge in [-0.25, -0.2) is 4.79 Å². The molecule has 0 unspecified atom stereocenters. The quantitative estimate of drug-likeness (QED) is 0.858. The number of aryl methyl sites for hydroxylation is 2. The molecule has 0 spiro atoms. The number of carboxylic acid groups (broad SMARTS) is 1. The van der Waals surface area contributed by atoms with E-state index in [-0.39, 0.29) is 24.1 Å². The maximum Gasteiger partial charge on any atom is 0.338 e. The standard InChI is InChI=1S/C21H25N3O4/c25-20(14-28-19-6-5-15-3-1-2-4-16(15)11-19)23-9-7-18(8-10-23)24-13-17(12-22-24)21(26)27/h5-6,11-13,18H,1-4,7-10,14H2,(H,26,27). The highest BCUT2D eigenvalue weighted by Crippen LogP contribution is 2.26. The molecule has 1 fully saturated rings. The molecular weight excluding hydrogens is 358 g/mol. The summed E-state index contributed by atoms with van der Waals surface area (Å²) in [5.74, 6) is -0.220. The van der Waals surface area contributed by atoms with Gasteiger partial charge in [0.15, 0.2) is 6.61 Å². The van der Waals surface area contributed by atoms with Crippen molar-refractivity contribution >= 4 is 11.9 Å².